The van der Waals surface area contributed by atoms with Crippen LogP contribution >= 0.6 is 0 Å². The second-order valence-corrected chi connectivity index (χ2v) is 3.26. The average molecular weight is 185 g/mol. The van der Waals surface area contributed by atoms with Crippen molar-refractivity contribution >= 4 is 0 Å². The maximum Gasteiger partial charge on any atom is 0.138 e. The van der Waals surface area contributed by atoms with Gasteiger partial charge in [0.1, 0.15) is 5.82 Å². The third kappa shape index (κ3) is 1.67. The topological polar surface area (TPSA) is 0 Å². The van der Waals surface area contributed by atoms with Crippen molar-refractivity contribution in [2.45, 2.75) is 6.92 Å². The Balaban J connectivity index is 2.50. The zero-order valence-electron chi connectivity index (χ0n) is 7.92. The van der Waals surface area contributed by atoms with Crippen LogP contribution in [0.3, 0.4) is 0 Å². The van der Waals surface area contributed by atoms with Gasteiger partial charge in [0.05, 0.1) is 0 Å². The predicted octanol–water partition coefficient (Wildman–Crippen LogP) is 3.60. The van der Waals surface area contributed by atoms with E-state index in [1.807, 2.05) is 31.2 Å². The minimum absolute atomic E-state index is 0.295. The molecule has 14 heavy (non-hydrogen) atoms. The van der Waals surface area contributed by atoms with Gasteiger partial charge in [-0.2, -0.15) is 0 Å². The average Bonchev–Trinajstić information content (AvgIpc) is 2.20. The number of hydrogen-bond acceptors (Lipinski definition) is 0. The lowest BCUT2D eigenvalue weighted by Gasteiger charge is -2.02. The Hall–Kier alpha value is -1.63. The van der Waals surface area contributed by atoms with Gasteiger partial charge in [-0.05, 0) is 12.5 Å². The lowest BCUT2D eigenvalue weighted by molar-refractivity contribution is 0.629. The number of halogens is 1. The van der Waals surface area contributed by atoms with Crippen LogP contribution in [-0.2, 0) is 0 Å². The van der Waals surface area contributed by atoms with E-state index in [0.29, 0.717) is 5.56 Å². The molecule has 0 aliphatic carbocycles. The predicted molar refractivity (Wildman–Crippen MR) is 55.4 cm³/mol. The van der Waals surface area contributed by atoms with Gasteiger partial charge in [-0.25, -0.2) is 4.39 Å². The van der Waals surface area contributed by atoms with Crippen molar-refractivity contribution in [1.82, 2.24) is 0 Å². The lowest BCUT2D eigenvalue weighted by atomic mass is 10.0. The summed E-state index contributed by atoms with van der Waals surface area (Å²) in [4.78, 5) is 0. The van der Waals surface area contributed by atoms with E-state index in [-0.39, 0.29) is 5.82 Å². The van der Waals surface area contributed by atoms with Gasteiger partial charge in [0.2, 0.25) is 0 Å². The van der Waals surface area contributed by atoms with Gasteiger partial charge in [-0.3, -0.25) is 0 Å². The molecule has 0 aliphatic heterocycles. The van der Waals surface area contributed by atoms with Gasteiger partial charge in [-0.15, -0.1) is 0 Å². The highest BCUT2D eigenvalue weighted by atomic mass is 19.1. The molecule has 0 bridgehead atoms. The third-order valence-electron chi connectivity index (χ3n) is 2.17. The molecule has 0 aliphatic rings. The van der Waals surface area contributed by atoms with Gasteiger partial charge >= 0.3 is 0 Å². The molecule has 0 fully saturated rings. The van der Waals surface area contributed by atoms with Crippen LogP contribution in [-0.4, -0.2) is 0 Å². The zero-order valence-corrected chi connectivity index (χ0v) is 7.92. The van der Waals surface area contributed by atoms with Crippen molar-refractivity contribution in [3.05, 3.63) is 59.9 Å². The van der Waals surface area contributed by atoms with E-state index in [1.54, 1.807) is 18.2 Å². The van der Waals surface area contributed by atoms with Crippen LogP contribution in [0.5, 0.6) is 0 Å². The molecule has 2 aromatic carbocycles. The van der Waals surface area contributed by atoms with Crippen molar-refractivity contribution in [2.24, 2.45) is 0 Å². The summed E-state index contributed by atoms with van der Waals surface area (Å²) in [7, 11) is 0. The highest BCUT2D eigenvalue weighted by molar-refractivity contribution is 5.63. The SMILES string of the molecule is Cc1ccc(-c2ccc[c]c2F)cc1. The Morgan fingerprint density at radius 1 is 1.07 bits per heavy atom. The van der Waals surface area contributed by atoms with Crippen LogP contribution in [0.4, 0.5) is 4.39 Å². The summed E-state index contributed by atoms with van der Waals surface area (Å²) in [6.07, 6.45) is 0. The number of rotatable bonds is 1. The summed E-state index contributed by atoms with van der Waals surface area (Å²) in [5.74, 6) is -0.295. The Morgan fingerprint density at radius 3 is 2.43 bits per heavy atom. The quantitative estimate of drug-likeness (QED) is 0.636. The molecule has 0 saturated carbocycles. The van der Waals surface area contributed by atoms with Crippen molar-refractivity contribution < 1.29 is 4.39 Å². The fourth-order valence-corrected chi connectivity index (χ4v) is 1.37. The molecule has 0 spiro atoms. The molecule has 0 atom stereocenters. The smallest absolute Gasteiger partial charge is 0.138 e. The van der Waals surface area contributed by atoms with E-state index in [1.165, 1.54) is 5.56 Å². The molecule has 1 heteroatoms. The van der Waals surface area contributed by atoms with Gasteiger partial charge < -0.3 is 0 Å². The van der Waals surface area contributed by atoms with Crippen LogP contribution in [0.15, 0.2) is 42.5 Å². The molecule has 1 radical (unpaired) electrons. The first-order valence-electron chi connectivity index (χ1n) is 4.50. The first kappa shape index (κ1) is 8.95. The molecule has 0 amide bonds. The van der Waals surface area contributed by atoms with E-state index in [0.717, 1.165) is 5.56 Å². The molecule has 0 aromatic heterocycles. The maximum absolute atomic E-state index is 13.3. The van der Waals surface area contributed by atoms with Crippen molar-refractivity contribution in [3.8, 4) is 11.1 Å². The Labute approximate surface area is 83.0 Å². The summed E-state index contributed by atoms with van der Waals surface area (Å²) in [6.45, 7) is 2.01. The van der Waals surface area contributed by atoms with Crippen LogP contribution in [0.2, 0.25) is 0 Å². The van der Waals surface area contributed by atoms with E-state index >= 15 is 0 Å². The molecular weight excluding hydrogens is 175 g/mol. The Kier molecular flexibility index (Phi) is 2.32. The van der Waals surface area contributed by atoms with Gasteiger partial charge in [0, 0.05) is 11.6 Å². The van der Waals surface area contributed by atoms with Gasteiger partial charge in [0.25, 0.3) is 0 Å². The maximum atomic E-state index is 13.3. The largest absolute Gasteiger partial charge is 0.206 e. The third-order valence-corrected chi connectivity index (χ3v) is 2.17. The Morgan fingerprint density at radius 2 is 1.79 bits per heavy atom. The fraction of sp³-hybridized carbons (Fsp3) is 0.0769. The monoisotopic (exact) mass is 185 g/mol. The molecule has 2 rings (SSSR count). The highest BCUT2D eigenvalue weighted by Crippen LogP contribution is 2.22. The highest BCUT2D eigenvalue weighted by Gasteiger charge is 2.02. The first-order chi connectivity index (χ1) is 6.77. The molecular formula is C13H10F. The minimum atomic E-state index is -0.295. The number of aryl methyl sites for hydroxylation is 1. The fourth-order valence-electron chi connectivity index (χ4n) is 1.37. The normalized spacial score (nSPS) is 10.1. The summed E-state index contributed by atoms with van der Waals surface area (Å²) < 4.78 is 13.3. The summed E-state index contributed by atoms with van der Waals surface area (Å²) >= 11 is 0. The van der Waals surface area contributed by atoms with Crippen LogP contribution < -0.4 is 0 Å². The number of benzene rings is 2. The number of hydrogen-bond donors (Lipinski definition) is 0. The van der Waals surface area contributed by atoms with Crippen LogP contribution in [0.1, 0.15) is 5.56 Å². The molecule has 0 nitrogen and oxygen atoms in total. The Bertz CT molecular complexity index is 429. The molecule has 0 heterocycles. The van der Waals surface area contributed by atoms with E-state index in [9.17, 15) is 4.39 Å². The second-order valence-electron chi connectivity index (χ2n) is 3.26. The van der Waals surface area contributed by atoms with Crippen molar-refractivity contribution in [3.63, 3.8) is 0 Å². The lowest BCUT2D eigenvalue weighted by Crippen LogP contribution is -1.83. The van der Waals surface area contributed by atoms with E-state index in [4.69, 9.17) is 0 Å². The second kappa shape index (κ2) is 3.62. The van der Waals surface area contributed by atoms with E-state index in [2.05, 4.69) is 6.07 Å². The molecule has 0 unspecified atom stereocenters. The molecule has 69 valence electrons. The van der Waals surface area contributed by atoms with Crippen molar-refractivity contribution in [2.75, 3.05) is 0 Å². The summed E-state index contributed by atoms with van der Waals surface area (Å²) in [5, 5.41) is 0. The molecule has 0 N–H and O–H groups in total. The molecule has 2 aromatic rings. The van der Waals surface area contributed by atoms with Gasteiger partial charge in [0.15, 0.2) is 0 Å². The zero-order chi connectivity index (χ0) is 9.97. The van der Waals surface area contributed by atoms with Crippen molar-refractivity contribution in [1.29, 1.82) is 0 Å². The minimum Gasteiger partial charge on any atom is -0.206 e. The standard InChI is InChI=1S/C13H10F/c1-10-6-8-11(9-7-10)12-4-2-3-5-13(12)14/h2-4,6-9H,1H3. The van der Waals surface area contributed by atoms with Crippen LogP contribution in [0, 0.1) is 18.8 Å². The van der Waals surface area contributed by atoms with E-state index < -0.39 is 0 Å². The van der Waals surface area contributed by atoms with Crippen LogP contribution in [0.25, 0.3) is 11.1 Å². The van der Waals surface area contributed by atoms with Gasteiger partial charge in [-0.1, -0.05) is 48.0 Å². The summed E-state index contributed by atoms with van der Waals surface area (Å²) in [5.41, 5.74) is 2.67. The summed E-state index contributed by atoms with van der Waals surface area (Å²) in [6, 6.07) is 15.5. The first-order valence-corrected chi connectivity index (χ1v) is 4.50. The molecule has 0 saturated heterocycles.